The smallest absolute Gasteiger partial charge is 0.480 e. The average Bonchev–Trinajstić information content (AvgIpc) is 3.17. The van der Waals surface area contributed by atoms with Gasteiger partial charge in [0, 0.05) is 6.54 Å². The normalized spacial score (nSPS) is 13.9. The number of hydrogen-bond donors (Lipinski definition) is 8. The van der Waals surface area contributed by atoms with Gasteiger partial charge >= 0.3 is 42.1 Å². The minimum absolute atomic E-state index is 0.220. The monoisotopic (exact) mass is 780 g/mol. The first-order chi connectivity index (χ1) is 26.6. The molecule has 0 spiro atoms. The second-order valence-electron chi connectivity index (χ2n) is 11.9. The van der Waals surface area contributed by atoms with Gasteiger partial charge in [-0.25, -0.2) is 14.4 Å². The van der Waals surface area contributed by atoms with Crippen molar-refractivity contribution >= 4 is 48.1 Å². The molecule has 0 bridgehead atoms. The number of rotatable bonds is 20. The Hall–Kier alpha value is -7.06. The number of esters is 2. The zero-order valence-electron chi connectivity index (χ0n) is 29.6. The minimum atomic E-state index is -4.18. The molecule has 56 heavy (non-hydrogen) atoms. The van der Waals surface area contributed by atoms with E-state index in [0.717, 1.165) is 0 Å². The Kier molecular flexibility index (Phi) is 15.4. The lowest BCUT2D eigenvalue weighted by molar-refractivity contribution is -0.200. The van der Waals surface area contributed by atoms with E-state index in [2.05, 4.69) is 4.99 Å². The SMILES string of the molecule is NC(N)=NCCC[C@](N)(C(=O)O)C(C(=O)O)(C(=O)OCc1ccccc1)[C@](NCC(=O)O)(NC(=O)OCc1ccccc1)C(=O)OC(=O)OCc1ccccc1. The fourth-order valence-electron chi connectivity index (χ4n) is 5.53. The first-order valence-electron chi connectivity index (χ1n) is 16.5. The van der Waals surface area contributed by atoms with E-state index in [-0.39, 0.29) is 5.56 Å². The summed E-state index contributed by atoms with van der Waals surface area (Å²) in [6.45, 7) is -3.81. The first-order valence-corrected chi connectivity index (χ1v) is 16.5. The Morgan fingerprint density at radius 3 is 1.59 bits per heavy atom. The molecule has 3 aromatic rings. The number of nitrogens with zero attached hydrogens (tertiary/aromatic N) is 1. The van der Waals surface area contributed by atoms with Crippen LogP contribution < -0.4 is 27.8 Å². The molecule has 0 aliphatic rings. The molecule has 298 valence electrons. The largest absolute Gasteiger partial charge is 0.516 e. The fraction of sp³-hybridized carbons (Fsp3) is 0.278. The highest BCUT2D eigenvalue weighted by molar-refractivity contribution is 6.14. The highest BCUT2D eigenvalue weighted by Crippen LogP contribution is 2.45. The van der Waals surface area contributed by atoms with Crippen molar-refractivity contribution in [3.05, 3.63) is 108 Å². The molecule has 0 saturated heterocycles. The molecular formula is C36H40N6O14. The van der Waals surface area contributed by atoms with Crippen LogP contribution in [0.25, 0.3) is 0 Å². The summed E-state index contributed by atoms with van der Waals surface area (Å²) in [5.74, 6) is -11.6. The predicted octanol–water partition coefficient (Wildman–Crippen LogP) is 0.813. The van der Waals surface area contributed by atoms with E-state index in [4.69, 9.17) is 36.1 Å². The molecule has 0 aliphatic carbocycles. The number of hydrogen-bond acceptors (Lipinski definition) is 14. The third-order valence-electron chi connectivity index (χ3n) is 8.17. The maximum Gasteiger partial charge on any atom is 0.516 e. The predicted molar refractivity (Wildman–Crippen MR) is 192 cm³/mol. The van der Waals surface area contributed by atoms with Crippen LogP contribution >= 0.6 is 0 Å². The molecule has 20 nitrogen and oxygen atoms in total. The van der Waals surface area contributed by atoms with Gasteiger partial charge in [-0.2, -0.15) is 0 Å². The molecule has 0 aliphatic heterocycles. The molecule has 11 N–H and O–H groups in total. The van der Waals surface area contributed by atoms with E-state index >= 15 is 0 Å². The minimum Gasteiger partial charge on any atom is -0.480 e. The molecule has 3 rings (SSSR count). The zero-order valence-corrected chi connectivity index (χ0v) is 29.6. The summed E-state index contributed by atoms with van der Waals surface area (Å²) < 4.78 is 20.4. The van der Waals surface area contributed by atoms with Crippen molar-refractivity contribution in [2.24, 2.45) is 27.6 Å². The van der Waals surface area contributed by atoms with Crippen LogP contribution in [0.4, 0.5) is 9.59 Å². The maximum absolute atomic E-state index is 14.6. The van der Waals surface area contributed by atoms with Crippen molar-refractivity contribution in [3.8, 4) is 0 Å². The summed E-state index contributed by atoms with van der Waals surface area (Å²) in [7, 11) is 0. The molecule has 0 aromatic heterocycles. The van der Waals surface area contributed by atoms with E-state index in [1.807, 2.05) is 5.32 Å². The molecule has 0 heterocycles. The maximum atomic E-state index is 14.6. The first kappa shape index (κ1) is 43.3. The number of carboxylic acids is 3. The van der Waals surface area contributed by atoms with Crippen molar-refractivity contribution in [1.82, 2.24) is 10.6 Å². The van der Waals surface area contributed by atoms with Crippen LogP contribution in [0.5, 0.6) is 0 Å². The highest BCUT2D eigenvalue weighted by atomic mass is 16.7. The number of aliphatic carboxylic acids is 3. The lowest BCUT2D eigenvalue weighted by Crippen LogP contribution is -2.86. The molecule has 0 saturated carbocycles. The number of amides is 1. The summed E-state index contributed by atoms with van der Waals surface area (Å²) in [5, 5.41) is 35.4. The van der Waals surface area contributed by atoms with Crippen molar-refractivity contribution in [1.29, 1.82) is 0 Å². The third-order valence-corrected chi connectivity index (χ3v) is 8.17. The van der Waals surface area contributed by atoms with E-state index in [0.29, 0.717) is 11.1 Å². The van der Waals surface area contributed by atoms with Crippen LogP contribution in [0.2, 0.25) is 0 Å². The zero-order chi connectivity index (χ0) is 41.4. The fourth-order valence-corrected chi connectivity index (χ4v) is 5.53. The number of ether oxygens (including phenoxy) is 4. The molecule has 3 atom stereocenters. The molecule has 20 heteroatoms. The molecule has 1 unspecified atom stereocenters. The van der Waals surface area contributed by atoms with E-state index < -0.39 is 110 Å². The number of guanidine groups is 1. The Morgan fingerprint density at radius 2 is 1.14 bits per heavy atom. The van der Waals surface area contributed by atoms with Crippen LogP contribution in [0.1, 0.15) is 29.5 Å². The van der Waals surface area contributed by atoms with Gasteiger partial charge < -0.3 is 51.5 Å². The van der Waals surface area contributed by atoms with Crippen LogP contribution in [-0.4, -0.2) is 87.7 Å². The summed E-state index contributed by atoms with van der Waals surface area (Å²) in [6, 6.07) is 23.2. The second kappa shape index (κ2) is 19.9. The van der Waals surface area contributed by atoms with Gasteiger partial charge in [0.15, 0.2) is 5.96 Å². The number of nitrogens with one attached hydrogen (secondary N) is 2. The number of carbonyl (C=O) groups excluding carboxylic acids is 4. The Balaban J connectivity index is 2.34. The van der Waals surface area contributed by atoms with Gasteiger partial charge in [0.1, 0.15) is 25.4 Å². The average molecular weight is 781 g/mol. The van der Waals surface area contributed by atoms with E-state index in [1.165, 1.54) is 48.5 Å². The van der Waals surface area contributed by atoms with Gasteiger partial charge in [0.25, 0.3) is 0 Å². The number of aliphatic imine (C=N–C) groups is 1. The third kappa shape index (κ3) is 10.5. The van der Waals surface area contributed by atoms with Gasteiger partial charge in [-0.1, -0.05) is 91.0 Å². The number of carboxylic acid groups (broad SMARTS) is 3. The Labute approximate surface area is 318 Å². The second-order valence-corrected chi connectivity index (χ2v) is 11.9. The molecule has 1 amide bonds. The van der Waals surface area contributed by atoms with E-state index in [9.17, 15) is 48.9 Å². The topological polar surface area (TPSA) is 332 Å². The number of benzene rings is 3. The summed E-state index contributed by atoms with van der Waals surface area (Å²) in [4.78, 5) is 98.9. The summed E-state index contributed by atoms with van der Waals surface area (Å²) in [6.07, 6.45) is -5.21. The standard InChI is InChI=1S/C36H40N6O14/c37-31(38)40-18-10-17-34(39,27(45)46)35(28(47)48,29(49)53-20-23-11-4-1-5-12-23)36(41-19-26(43)44,42-32(51)54-21-24-13-6-2-7-14-24)30(50)56-33(52)55-22-25-15-8-3-9-16-25/h1-9,11-16,41H,10,17-22,39H2,(H,42,51)(H,43,44)(H,45,46)(H,47,48)(H4,37,38,40)/t34-,35?,36+/m0/s1. The van der Waals surface area contributed by atoms with E-state index in [1.54, 1.807) is 47.8 Å². The van der Waals surface area contributed by atoms with Gasteiger partial charge in [-0.15, -0.1) is 0 Å². The summed E-state index contributed by atoms with van der Waals surface area (Å²) >= 11 is 0. The van der Waals surface area contributed by atoms with Crippen LogP contribution in [0.15, 0.2) is 96.0 Å². The molecule has 3 aromatic carbocycles. The van der Waals surface area contributed by atoms with Crippen molar-refractivity contribution in [2.75, 3.05) is 13.1 Å². The van der Waals surface area contributed by atoms with Crippen LogP contribution in [0, 0.1) is 5.41 Å². The lowest BCUT2D eigenvalue weighted by Gasteiger charge is -2.50. The van der Waals surface area contributed by atoms with Crippen molar-refractivity contribution < 1.29 is 67.8 Å². The molecule has 0 fully saturated rings. The molecule has 0 radical (unpaired) electrons. The van der Waals surface area contributed by atoms with Gasteiger partial charge in [-0.05, 0) is 29.5 Å². The highest BCUT2D eigenvalue weighted by Gasteiger charge is 2.80. The van der Waals surface area contributed by atoms with Crippen LogP contribution in [0.3, 0.4) is 0 Å². The number of carbonyl (C=O) groups is 7. The number of nitrogens with two attached hydrogens (primary N) is 3. The van der Waals surface area contributed by atoms with Gasteiger partial charge in [0.05, 0.1) is 6.54 Å². The Bertz CT molecular complexity index is 1900. The van der Waals surface area contributed by atoms with Crippen LogP contribution in [-0.2, 0) is 62.7 Å². The quantitative estimate of drug-likeness (QED) is 0.0150. The van der Waals surface area contributed by atoms with Crippen molar-refractivity contribution in [3.63, 3.8) is 0 Å². The lowest BCUT2D eigenvalue weighted by atomic mass is 9.59. The summed E-state index contributed by atoms with van der Waals surface area (Å²) in [5.41, 5.74) is 6.39. The molecular weight excluding hydrogens is 740 g/mol. The number of alkyl carbamates (subject to hydrolysis) is 1. The Morgan fingerprint density at radius 1 is 0.661 bits per heavy atom. The van der Waals surface area contributed by atoms with Gasteiger partial charge in [0.2, 0.25) is 11.1 Å². The van der Waals surface area contributed by atoms with Gasteiger partial charge in [-0.3, -0.25) is 34.8 Å². The van der Waals surface area contributed by atoms with Crippen molar-refractivity contribution in [2.45, 2.75) is 43.9 Å².